The van der Waals surface area contributed by atoms with Gasteiger partial charge in [-0.1, -0.05) is 13.8 Å². The Hall–Kier alpha value is -0.830. The fourth-order valence-corrected chi connectivity index (χ4v) is 1.01. The Labute approximate surface area is 73.6 Å². The van der Waals surface area contributed by atoms with Gasteiger partial charge in [0.05, 0.1) is 12.2 Å². The van der Waals surface area contributed by atoms with Crippen LogP contribution in [0.25, 0.3) is 0 Å². The molecule has 1 rings (SSSR count). The van der Waals surface area contributed by atoms with Crippen molar-refractivity contribution in [1.29, 1.82) is 0 Å². The highest BCUT2D eigenvalue weighted by Crippen LogP contribution is 2.15. The van der Waals surface area contributed by atoms with Crippen molar-refractivity contribution in [2.75, 3.05) is 0 Å². The van der Waals surface area contributed by atoms with Crippen LogP contribution in [-0.2, 0) is 6.54 Å². The highest BCUT2D eigenvalue weighted by molar-refractivity contribution is 5.03. The van der Waals surface area contributed by atoms with Crippen LogP contribution >= 0.6 is 0 Å². The Kier molecular flexibility index (Phi) is 2.87. The molecule has 1 aromatic heterocycles. The molecule has 0 amide bonds. The number of nitrogens with zero attached hydrogens (tertiary/aromatic N) is 2. The lowest BCUT2D eigenvalue weighted by molar-refractivity contribution is 0.375. The second kappa shape index (κ2) is 3.72. The smallest absolute Gasteiger partial charge is 0.0534 e. The van der Waals surface area contributed by atoms with Gasteiger partial charge < -0.3 is 5.73 Å². The first kappa shape index (κ1) is 9.26. The predicted molar refractivity (Wildman–Crippen MR) is 49.7 cm³/mol. The average Bonchev–Trinajstić information content (AvgIpc) is 2.50. The highest BCUT2D eigenvalue weighted by Gasteiger charge is 2.09. The largest absolute Gasteiger partial charge is 0.326 e. The molecule has 0 aliphatic carbocycles. The monoisotopic (exact) mass is 167 g/mol. The molecular formula is C9H17N3. The van der Waals surface area contributed by atoms with Crippen molar-refractivity contribution in [2.45, 2.75) is 33.4 Å². The summed E-state index contributed by atoms with van der Waals surface area (Å²) in [4.78, 5) is 0. The molecule has 2 N–H and O–H groups in total. The molecular weight excluding hydrogens is 150 g/mol. The molecule has 1 atom stereocenters. The quantitative estimate of drug-likeness (QED) is 0.742. The van der Waals surface area contributed by atoms with Gasteiger partial charge in [-0.25, -0.2) is 0 Å². The van der Waals surface area contributed by atoms with Crippen LogP contribution in [-0.4, -0.2) is 9.78 Å². The van der Waals surface area contributed by atoms with Crippen LogP contribution < -0.4 is 5.73 Å². The lowest BCUT2D eigenvalue weighted by atomic mass is 10.1. The molecule has 0 radical (unpaired) electrons. The first-order chi connectivity index (χ1) is 5.65. The van der Waals surface area contributed by atoms with Crippen LogP contribution in [0.1, 0.15) is 32.4 Å². The van der Waals surface area contributed by atoms with Crippen molar-refractivity contribution in [3.63, 3.8) is 0 Å². The van der Waals surface area contributed by atoms with E-state index in [4.69, 9.17) is 5.73 Å². The molecule has 1 heterocycles. The maximum Gasteiger partial charge on any atom is 0.0534 e. The summed E-state index contributed by atoms with van der Waals surface area (Å²) in [6.45, 7) is 7.12. The van der Waals surface area contributed by atoms with E-state index in [1.807, 2.05) is 17.1 Å². The molecule has 12 heavy (non-hydrogen) atoms. The molecule has 0 fully saturated rings. The van der Waals surface area contributed by atoms with Crippen LogP contribution in [0.2, 0.25) is 0 Å². The van der Waals surface area contributed by atoms with E-state index in [0.717, 1.165) is 5.56 Å². The molecule has 0 aliphatic heterocycles. The molecule has 3 nitrogen and oxygen atoms in total. The van der Waals surface area contributed by atoms with Gasteiger partial charge in [0, 0.05) is 18.3 Å². The van der Waals surface area contributed by atoms with Crippen LogP contribution in [0.5, 0.6) is 0 Å². The van der Waals surface area contributed by atoms with Gasteiger partial charge in [0.2, 0.25) is 0 Å². The third kappa shape index (κ3) is 1.85. The Balaban J connectivity index is 2.74. The molecule has 1 aromatic rings. The lowest BCUT2D eigenvalue weighted by Crippen LogP contribution is -2.11. The summed E-state index contributed by atoms with van der Waals surface area (Å²) >= 11 is 0. The second-order valence-electron chi connectivity index (χ2n) is 3.52. The molecule has 1 unspecified atom stereocenters. The van der Waals surface area contributed by atoms with E-state index in [2.05, 4.69) is 25.9 Å². The van der Waals surface area contributed by atoms with E-state index in [9.17, 15) is 0 Å². The summed E-state index contributed by atoms with van der Waals surface area (Å²) in [7, 11) is 0. The van der Waals surface area contributed by atoms with Gasteiger partial charge in [-0.2, -0.15) is 5.10 Å². The third-order valence-corrected chi connectivity index (χ3v) is 2.27. The zero-order valence-electron chi connectivity index (χ0n) is 7.99. The normalized spacial score (nSPS) is 13.8. The highest BCUT2D eigenvalue weighted by atomic mass is 15.3. The molecule has 0 saturated heterocycles. The van der Waals surface area contributed by atoms with Gasteiger partial charge in [0.15, 0.2) is 0 Å². The van der Waals surface area contributed by atoms with Crippen LogP contribution in [0.4, 0.5) is 0 Å². The first-order valence-electron chi connectivity index (χ1n) is 4.38. The first-order valence-corrected chi connectivity index (χ1v) is 4.38. The Morgan fingerprint density at radius 1 is 1.50 bits per heavy atom. The van der Waals surface area contributed by atoms with E-state index >= 15 is 0 Å². The average molecular weight is 167 g/mol. The molecule has 0 saturated carbocycles. The zero-order valence-corrected chi connectivity index (χ0v) is 7.99. The Bertz CT molecular complexity index is 240. The summed E-state index contributed by atoms with van der Waals surface area (Å²) in [5, 5.41) is 4.24. The van der Waals surface area contributed by atoms with Crippen molar-refractivity contribution < 1.29 is 0 Å². The van der Waals surface area contributed by atoms with Gasteiger partial charge >= 0.3 is 0 Å². The summed E-state index contributed by atoms with van der Waals surface area (Å²) in [6.07, 6.45) is 3.85. The maximum atomic E-state index is 5.49. The van der Waals surface area contributed by atoms with E-state index < -0.39 is 0 Å². The zero-order chi connectivity index (χ0) is 9.14. The van der Waals surface area contributed by atoms with Crippen LogP contribution in [0.15, 0.2) is 12.4 Å². The van der Waals surface area contributed by atoms with Crippen LogP contribution in [0, 0.1) is 5.92 Å². The standard InChI is InChI=1S/C9H17N3/c1-7(2)8(3)12-6-9(4-10)5-11-12/h5-8H,4,10H2,1-3H3. The van der Waals surface area contributed by atoms with E-state index in [0.29, 0.717) is 18.5 Å². The van der Waals surface area contributed by atoms with Crippen LogP contribution in [0.3, 0.4) is 0 Å². The number of aromatic nitrogens is 2. The third-order valence-electron chi connectivity index (χ3n) is 2.27. The topological polar surface area (TPSA) is 43.8 Å². The van der Waals surface area contributed by atoms with Gasteiger partial charge in [-0.05, 0) is 12.8 Å². The minimum Gasteiger partial charge on any atom is -0.326 e. The van der Waals surface area contributed by atoms with Gasteiger partial charge in [-0.3, -0.25) is 4.68 Å². The van der Waals surface area contributed by atoms with Crippen molar-refractivity contribution in [3.05, 3.63) is 18.0 Å². The molecule has 0 aromatic carbocycles. The maximum absolute atomic E-state index is 5.49. The lowest BCUT2D eigenvalue weighted by Gasteiger charge is -2.15. The fraction of sp³-hybridized carbons (Fsp3) is 0.667. The van der Waals surface area contributed by atoms with E-state index in [1.54, 1.807) is 0 Å². The van der Waals surface area contributed by atoms with Crippen molar-refractivity contribution in [1.82, 2.24) is 9.78 Å². The molecule has 0 aliphatic rings. The number of rotatable bonds is 3. The minimum atomic E-state index is 0.449. The SMILES string of the molecule is CC(C)C(C)n1cc(CN)cn1. The second-order valence-corrected chi connectivity index (χ2v) is 3.52. The molecule has 0 bridgehead atoms. The van der Waals surface area contributed by atoms with Crippen molar-refractivity contribution in [2.24, 2.45) is 11.7 Å². The number of hydrogen-bond donors (Lipinski definition) is 1. The van der Waals surface area contributed by atoms with Gasteiger partial charge in [0.25, 0.3) is 0 Å². The Morgan fingerprint density at radius 3 is 2.58 bits per heavy atom. The summed E-state index contributed by atoms with van der Waals surface area (Å²) < 4.78 is 1.98. The van der Waals surface area contributed by atoms with Crippen molar-refractivity contribution >= 4 is 0 Å². The minimum absolute atomic E-state index is 0.449. The molecule has 68 valence electrons. The molecule has 0 spiro atoms. The molecule has 3 heteroatoms. The Morgan fingerprint density at radius 2 is 2.17 bits per heavy atom. The fourth-order valence-electron chi connectivity index (χ4n) is 1.01. The van der Waals surface area contributed by atoms with Gasteiger partial charge in [0.1, 0.15) is 0 Å². The van der Waals surface area contributed by atoms with E-state index in [1.165, 1.54) is 0 Å². The summed E-state index contributed by atoms with van der Waals surface area (Å²) in [6, 6.07) is 0.449. The number of nitrogens with two attached hydrogens (primary N) is 1. The summed E-state index contributed by atoms with van der Waals surface area (Å²) in [5.74, 6) is 0.607. The number of hydrogen-bond acceptors (Lipinski definition) is 2. The summed E-state index contributed by atoms with van der Waals surface area (Å²) in [5.41, 5.74) is 6.59. The van der Waals surface area contributed by atoms with E-state index in [-0.39, 0.29) is 0 Å². The van der Waals surface area contributed by atoms with Gasteiger partial charge in [-0.15, -0.1) is 0 Å². The predicted octanol–water partition coefficient (Wildman–Crippen LogP) is 1.56. The van der Waals surface area contributed by atoms with Crippen molar-refractivity contribution in [3.8, 4) is 0 Å².